The van der Waals surface area contributed by atoms with E-state index in [4.69, 9.17) is 11.6 Å². The van der Waals surface area contributed by atoms with Crippen LogP contribution in [0.2, 0.25) is 5.02 Å². The van der Waals surface area contributed by atoms with Gasteiger partial charge in [-0.3, -0.25) is 4.79 Å². The summed E-state index contributed by atoms with van der Waals surface area (Å²) in [6.07, 6.45) is -0.0567. The molecule has 0 radical (unpaired) electrons. The van der Waals surface area contributed by atoms with Crippen LogP contribution in [0.25, 0.3) is 32.9 Å². The first-order valence-electron chi connectivity index (χ1n) is 7.64. The largest absolute Gasteiger partial charge is 0.481 e. The summed E-state index contributed by atoms with van der Waals surface area (Å²) in [4.78, 5) is 14.7. The Hall–Kier alpha value is -2.78. The van der Waals surface area contributed by atoms with E-state index in [2.05, 4.69) is 4.98 Å². The van der Waals surface area contributed by atoms with Gasteiger partial charge in [0.05, 0.1) is 22.7 Å². The van der Waals surface area contributed by atoms with Gasteiger partial charge in [0.1, 0.15) is 0 Å². The predicted octanol–water partition coefficient (Wildman–Crippen LogP) is 5.27. The Morgan fingerprint density at radius 2 is 1.67 bits per heavy atom. The van der Waals surface area contributed by atoms with Gasteiger partial charge >= 0.3 is 5.97 Å². The van der Waals surface area contributed by atoms with Crippen LogP contribution >= 0.6 is 11.6 Å². The van der Waals surface area contributed by atoms with Crippen LogP contribution in [0.3, 0.4) is 0 Å². The first kappa shape index (κ1) is 14.8. The third kappa shape index (κ3) is 2.34. The molecule has 1 heterocycles. The van der Waals surface area contributed by atoms with Crippen LogP contribution in [-0.4, -0.2) is 16.1 Å². The summed E-state index contributed by atoms with van der Waals surface area (Å²) in [6, 6.07) is 19.7. The molecule has 0 saturated carbocycles. The van der Waals surface area contributed by atoms with Crippen molar-refractivity contribution >= 4 is 39.2 Å². The summed E-state index contributed by atoms with van der Waals surface area (Å²) >= 11 is 6.31. The molecule has 3 nitrogen and oxygen atoms in total. The summed E-state index contributed by atoms with van der Waals surface area (Å²) in [6.45, 7) is 0. The van der Waals surface area contributed by atoms with E-state index < -0.39 is 5.97 Å². The molecule has 0 saturated heterocycles. The average molecular weight is 336 g/mol. The lowest BCUT2D eigenvalue weighted by Crippen LogP contribution is -2.01. The van der Waals surface area contributed by atoms with Crippen LogP contribution in [0.5, 0.6) is 0 Å². The number of H-pyrrole nitrogens is 1. The minimum absolute atomic E-state index is 0.0567. The van der Waals surface area contributed by atoms with Crippen LogP contribution in [0, 0.1) is 0 Å². The standard InChI is InChI=1S/C20H14ClNO2/c21-17-10-4-9-15-16(11-18(23)24)19(22-20(15)17)14-8-3-6-12-5-1-2-7-13(12)14/h1-10,22H,11H2,(H,23,24). The molecule has 2 N–H and O–H groups in total. The fraction of sp³-hybridized carbons (Fsp3) is 0.0500. The summed E-state index contributed by atoms with van der Waals surface area (Å²) in [5.41, 5.74) is 3.34. The van der Waals surface area contributed by atoms with E-state index in [1.807, 2.05) is 54.6 Å². The Labute approximate surface area is 143 Å². The number of carbonyl (C=O) groups is 1. The Morgan fingerprint density at radius 1 is 0.958 bits per heavy atom. The maximum Gasteiger partial charge on any atom is 0.307 e. The summed E-state index contributed by atoms with van der Waals surface area (Å²) in [5.74, 6) is -0.864. The Bertz CT molecular complexity index is 1080. The maximum absolute atomic E-state index is 11.4. The molecule has 0 fully saturated rings. The number of aromatic amines is 1. The van der Waals surface area contributed by atoms with Crippen molar-refractivity contribution in [1.29, 1.82) is 0 Å². The molecule has 1 aromatic heterocycles. The number of carboxylic acids is 1. The summed E-state index contributed by atoms with van der Waals surface area (Å²) in [7, 11) is 0. The molecule has 0 atom stereocenters. The van der Waals surface area contributed by atoms with Gasteiger partial charge in [0.15, 0.2) is 0 Å². The molecule has 0 spiro atoms. The molecule has 0 unspecified atom stereocenters. The number of benzene rings is 3. The highest BCUT2D eigenvalue weighted by atomic mass is 35.5. The minimum atomic E-state index is -0.864. The highest BCUT2D eigenvalue weighted by Gasteiger charge is 2.18. The van der Waals surface area contributed by atoms with E-state index in [0.29, 0.717) is 5.02 Å². The fourth-order valence-electron chi connectivity index (χ4n) is 3.25. The molecule has 24 heavy (non-hydrogen) atoms. The topological polar surface area (TPSA) is 53.1 Å². The number of hydrogen-bond acceptors (Lipinski definition) is 1. The van der Waals surface area contributed by atoms with Crippen LogP contribution in [0.4, 0.5) is 0 Å². The Kier molecular flexibility index (Phi) is 3.51. The van der Waals surface area contributed by atoms with Gasteiger partial charge in [-0.05, 0) is 22.4 Å². The fourth-order valence-corrected chi connectivity index (χ4v) is 3.47. The molecule has 3 aromatic carbocycles. The zero-order chi connectivity index (χ0) is 16.7. The number of aromatic nitrogens is 1. The smallest absolute Gasteiger partial charge is 0.307 e. The number of fused-ring (bicyclic) bond motifs is 2. The van der Waals surface area contributed by atoms with E-state index in [1.54, 1.807) is 6.07 Å². The third-order valence-corrected chi connectivity index (χ3v) is 4.59. The van der Waals surface area contributed by atoms with Gasteiger partial charge in [0.2, 0.25) is 0 Å². The second-order valence-corrected chi connectivity index (χ2v) is 6.15. The van der Waals surface area contributed by atoms with Gasteiger partial charge in [0.25, 0.3) is 0 Å². The quantitative estimate of drug-likeness (QED) is 0.536. The van der Waals surface area contributed by atoms with Crippen molar-refractivity contribution in [2.75, 3.05) is 0 Å². The molecule has 4 rings (SSSR count). The van der Waals surface area contributed by atoms with Gasteiger partial charge in [-0.25, -0.2) is 0 Å². The summed E-state index contributed by atoms with van der Waals surface area (Å²) < 4.78 is 0. The van der Waals surface area contributed by atoms with E-state index in [1.165, 1.54) is 0 Å². The SMILES string of the molecule is O=C(O)Cc1c(-c2cccc3ccccc23)[nH]c2c(Cl)cccc12. The van der Waals surface area contributed by atoms with E-state index in [-0.39, 0.29) is 6.42 Å². The number of aliphatic carboxylic acids is 1. The number of rotatable bonds is 3. The van der Waals surface area contributed by atoms with E-state index >= 15 is 0 Å². The Morgan fingerprint density at radius 3 is 2.50 bits per heavy atom. The highest BCUT2D eigenvalue weighted by Crippen LogP contribution is 2.37. The monoisotopic (exact) mass is 335 g/mol. The van der Waals surface area contributed by atoms with Crippen LogP contribution in [-0.2, 0) is 11.2 Å². The van der Waals surface area contributed by atoms with Crippen molar-refractivity contribution in [2.24, 2.45) is 0 Å². The lowest BCUT2D eigenvalue weighted by molar-refractivity contribution is -0.136. The van der Waals surface area contributed by atoms with Crippen molar-refractivity contribution in [2.45, 2.75) is 6.42 Å². The number of halogens is 1. The molecular formula is C20H14ClNO2. The number of hydrogen-bond donors (Lipinski definition) is 2. The molecule has 118 valence electrons. The lowest BCUT2D eigenvalue weighted by atomic mass is 9.98. The molecule has 4 aromatic rings. The lowest BCUT2D eigenvalue weighted by Gasteiger charge is -2.07. The second kappa shape index (κ2) is 5.69. The van der Waals surface area contributed by atoms with Crippen molar-refractivity contribution in [3.8, 4) is 11.3 Å². The first-order valence-corrected chi connectivity index (χ1v) is 8.02. The number of nitrogens with one attached hydrogen (secondary N) is 1. The van der Waals surface area contributed by atoms with E-state index in [0.717, 1.165) is 38.5 Å². The molecule has 0 bridgehead atoms. The van der Waals surface area contributed by atoms with Crippen molar-refractivity contribution in [3.63, 3.8) is 0 Å². The van der Waals surface area contributed by atoms with Gasteiger partial charge < -0.3 is 10.1 Å². The highest BCUT2D eigenvalue weighted by molar-refractivity contribution is 6.35. The van der Waals surface area contributed by atoms with E-state index in [9.17, 15) is 9.90 Å². The zero-order valence-corrected chi connectivity index (χ0v) is 13.5. The van der Waals surface area contributed by atoms with Gasteiger partial charge in [0, 0.05) is 10.9 Å². The number of para-hydroxylation sites is 1. The molecule has 4 heteroatoms. The molecule has 0 amide bonds. The van der Waals surface area contributed by atoms with Gasteiger partial charge in [-0.15, -0.1) is 0 Å². The normalized spacial score (nSPS) is 11.2. The second-order valence-electron chi connectivity index (χ2n) is 5.74. The average Bonchev–Trinajstić information content (AvgIpc) is 2.94. The molecule has 0 aliphatic carbocycles. The van der Waals surface area contributed by atoms with Crippen LogP contribution in [0.15, 0.2) is 60.7 Å². The molecule has 0 aliphatic heterocycles. The first-order chi connectivity index (χ1) is 11.6. The van der Waals surface area contributed by atoms with Gasteiger partial charge in [-0.1, -0.05) is 66.2 Å². The number of carboxylic acid groups (broad SMARTS) is 1. The van der Waals surface area contributed by atoms with Crippen LogP contribution in [0.1, 0.15) is 5.56 Å². The molecular weight excluding hydrogens is 322 g/mol. The maximum atomic E-state index is 11.4. The van der Waals surface area contributed by atoms with Crippen molar-refractivity contribution in [3.05, 3.63) is 71.2 Å². The Balaban J connectivity index is 2.08. The predicted molar refractivity (Wildman–Crippen MR) is 97.6 cm³/mol. The van der Waals surface area contributed by atoms with Crippen molar-refractivity contribution < 1.29 is 9.90 Å². The molecule has 0 aliphatic rings. The van der Waals surface area contributed by atoms with Gasteiger partial charge in [-0.2, -0.15) is 0 Å². The van der Waals surface area contributed by atoms with Crippen LogP contribution < -0.4 is 0 Å². The minimum Gasteiger partial charge on any atom is -0.481 e. The third-order valence-electron chi connectivity index (χ3n) is 4.28. The zero-order valence-electron chi connectivity index (χ0n) is 12.7. The summed E-state index contributed by atoms with van der Waals surface area (Å²) in [5, 5.41) is 13.0. The van der Waals surface area contributed by atoms with Crippen molar-refractivity contribution in [1.82, 2.24) is 4.98 Å².